The molecule has 0 saturated carbocycles. The Labute approximate surface area is 116 Å². The maximum atomic E-state index is 13.5. The van der Waals surface area contributed by atoms with E-state index in [1.165, 1.54) is 0 Å². The van der Waals surface area contributed by atoms with E-state index >= 15 is 0 Å². The SMILES string of the molecule is OC(Cc1ccc(Br)cc1)c1cc(F)c(F)cc1F. The molecule has 19 heavy (non-hydrogen) atoms. The molecule has 0 aliphatic carbocycles. The highest BCUT2D eigenvalue weighted by molar-refractivity contribution is 9.10. The average molecular weight is 331 g/mol. The van der Waals surface area contributed by atoms with Crippen molar-refractivity contribution in [3.05, 3.63) is 69.4 Å². The van der Waals surface area contributed by atoms with Gasteiger partial charge in [0.2, 0.25) is 0 Å². The molecule has 100 valence electrons. The third kappa shape index (κ3) is 3.36. The summed E-state index contributed by atoms with van der Waals surface area (Å²) >= 11 is 3.27. The number of hydrogen-bond acceptors (Lipinski definition) is 1. The minimum atomic E-state index is -1.27. The molecular formula is C14H10BrF3O. The number of halogens is 4. The molecule has 0 heterocycles. The van der Waals surface area contributed by atoms with Gasteiger partial charge < -0.3 is 5.11 Å². The summed E-state index contributed by atoms with van der Waals surface area (Å²) < 4.78 is 40.2. The number of rotatable bonds is 3. The lowest BCUT2D eigenvalue weighted by Gasteiger charge is -2.12. The molecule has 0 amide bonds. The lowest BCUT2D eigenvalue weighted by Crippen LogP contribution is -2.06. The summed E-state index contributed by atoms with van der Waals surface area (Å²) in [7, 11) is 0. The van der Waals surface area contributed by atoms with Crippen LogP contribution in [0.15, 0.2) is 40.9 Å². The zero-order chi connectivity index (χ0) is 14.0. The van der Waals surface area contributed by atoms with Gasteiger partial charge in [0.25, 0.3) is 0 Å². The first-order valence-electron chi connectivity index (χ1n) is 5.54. The summed E-state index contributed by atoms with van der Waals surface area (Å²) in [5, 5.41) is 9.90. The van der Waals surface area contributed by atoms with Crippen molar-refractivity contribution < 1.29 is 18.3 Å². The minimum Gasteiger partial charge on any atom is -0.388 e. The van der Waals surface area contributed by atoms with Crippen molar-refractivity contribution in [2.75, 3.05) is 0 Å². The Morgan fingerprint density at radius 1 is 0.947 bits per heavy atom. The summed E-state index contributed by atoms with van der Waals surface area (Å²) in [6.45, 7) is 0. The predicted octanol–water partition coefficient (Wildman–Crippen LogP) is 4.14. The monoisotopic (exact) mass is 330 g/mol. The molecule has 0 bridgehead atoms. The van der Waals surface area contributed by atoms with E-state index in [0.29, 0.717) is 12.1 Å². The van der Waals surface area contributed by atoms with Crippen LogP contribution in [0.25, 0.3) is 0 Å². The standard InChI is InChI=1S/C14H10BrF3O/c15-9-3-1-8(2-4-9)5-14(19)10-6-12(17)13(18)7-11(10)16/h1-4,6-7,14,19H,5H2. The molecular weight excluding hydrogens is 321 g/mol. The largest absolute Gasteiger partial charge is 0.388 e. The molecule has 0 saturated heterocycles. The summed E-state index contributed by atoms with van der Waals surface area (Å²) in [4.78, 5) is 0. The van der Waals surface area contributed by atoms with Crippen LogP contribution in [0.1, 0.15) is 17.2 Å². The molecule has 0 spiro atoms. The third-order valence-electron chi connectivity index (χ3n) is 2.74. The van der Waals surface area contributed by atoms with Crippen molar-refractivity contribution in [2.24, 2.45) is 0 Å². The fraction of sp³-hybridized carbons (Fsp3) is 0.143. The fourth-order valence-electron chi connectivity index (χ4n) is 1.75. The van der Waals surface area contributed by atoms with Gasteiger partial charge in [-0.3, -0.25) is 0 Å². The van der Waals surface area contributed by atoms with E-state index in [9.17, 15) is 18.3 Å². The molecule has 1 N–H and O–H groups in total. The summed E-state index contributed by atoms with van der Waals surface area (Å²) in [5.74, 6) is -3.40. The molecule has 5 heteroatoms. The first kappa shape index (κ1) is 14.1. The van der Waals surface area contributed by atoms with Crippen LogP contribution in [0.5, 0.6) is 0 Å². The second kappa shape index (κ2) is 5.75. The molecule has 0 aliphatic heterocycles. The van der Waals surface area contributed by atoms with Crippen molar-refractivity contribution in [3.63, 3.8) is 0 Å². The van der Waals surface area contributed by atoms with Crippen LogP contribution in [0.2, 0.25) is 0 Å². The van der Waals surface area contributed by atoms with Crippen LogP contribution < -0.4 is 0 Å². The molecule has 1 nitrogen and oxygen atoms in total. The van der Waals surface area contributed by atoms with Gasteiger partial charge in [0.15, 0.2) is 11.6 Å². The summed E-state index contributed by atoms with van der Waals surface area (Å²) in [6.07, 6.45) is -1.11. The Morgan fingerprint density at radius 3 is 2.16 bits per heavy atom. The normalized spacial score (nSPS) is 12.5. The number of aliphatic hydroxyl groups is 1. The molecule has 1 unspecified atom stereocenters. The number of aliphatic hydroxyl groups excluding tert-OH is 1. The van der Waals surface area contributed by atoms with Crippen LogP contribution >= 0.6 is 15.9 Å². The van der Waals surface area contributed by atoms with Gasteiger partial charge in [0.1, 0.15) is 5.82 Å². The Morgan fingerprint density at radius 2 is 1.53 bits per heavy atom. The second-order valence-corrected chi connectivity index (χ2v) is 5.05. The molecule has 0 aromatic heterocycles. The molecule has 0 radical (unpaired) electrons. The van der Waals surface area contributed by atoms with Crippen LogP contribution in [-0.2, 0) is 6.42 Å². The van der Waals surface area contributed by atoms with Crippen molar-refractivity contribution in [1.82, 2.24) is 0 Å². The van der Waals surface area contributed by atoms with E-state index in [1.807, 2.05) is 0 Å². The highest BCUT2D eigenvalue weighted by atomic mass is 79.9. The molecule has 1 atom stereocenters. The first-order chi connectivity index (χ1) is 8.97. The van der Waals surface area contributed by atoms with Gasteiger partial charge in [-0.05, 0) is 23.8 Å². The lowest BCUT2D eigenvalue weighted by molar-refractivity contribution is 0.172. The van der Waals surface area contributed by atoms with Crippen molar-refractivity contribution >= 4 is 15.9 Å². The maximum absolute atomic E-state index is 13.5. The lowest BCUT2D eigenvalue weighted by atomic mass is 10.0. The van der Waals surface area contributed by atoms with E-state index in [-0.39, 0.29) is 12.0 Å². The Kier molecular flexibility index (Phi) is 4.27. The van der Waals surface area contributed by atoms with Crippen molar-refractivity contribution in [3.8, 4) is 0 Å². The third-order valence-corrected chi connectivity index (χ3v) is 3.27. The topological polar surface area (TPSA) is 20.2 Å². The quantitative estimate of drug-likeness (QED) is 0.838. The summed E-state index contributed by atoms with van der Waals surface area (Å²) in [5.41, 5.74) is 0.515. The van der Waals surface area contributed by atoms with Gasteiger partial charge in [0, 0.05) is 22.5 Å². The maximum Gasteiger partial charge on any atom is 0.161 e. The summed E-state index contributed by atoms with van der Waals surface area (Å²) in [6, 6.07) is 8.20. The van der Waals surface area contributed by atoms with Gasteiger partial charge in [0.05, 0.1) is 6.10 Å². The van der Waals surface area contributed by atoms with E-state index in [0.717, 1.165) is 10.0 Å². The van der Waals surface area contributed by atoms with Gasteiger partial charge in [-0.25, -0.2) is 13.2 Å². The van der Waals surface area contributed by atoms with Crippen LogP contribution in [0.4, 0.5) is 13.2 Å². The predicted molar refractivity (Wildman–Crippen MR) is 69.1 cm³/mol. The fourth-order valence-corrected chi connectivity index (χ4v) is 2.01. The van der Waals surface area contributed by atoms with Crippen LogP contribution in [-0.4, -0.2) is 5.11 Å². The smallest absolute Gasteiger partial charge is 0.161 e. The molecule has 2 aromatic rings. The van der Waals surface area contributed by atoms with Gasteiger partial charge in [-0.1, -0.05) is 28.1 Å². The molecule has 0 fully saturated rings. The van der Waals surface area contributed by atoms with Crippen molar-refractivity contribution in [1.29, 1.82) is 0 Å². The van der Waals surface area contributed by atoms with E-state index < -0.39 is 23.6 Å². The minimum absolute atomic E-state index is 0.120. The Bertz CT molecular complexity index is 584. The highest BCUT2D eigenvalue weighted by Crippen LogP contribution is 2.24. The molecule has 2 aromatic carbocycles. The van der Waals surface area contributed by atoms with E-state index in [2.05, 4.69) is 15.9 Å². The Balaban J connectivity index is 2.22. The highest BCUT2D eigenvalue weighted by Gasteiger charge is 2.17. The zero-order valence-electron chi connectivity index (χ0n) is 9.71. The van der Waals surface area contributed by atoms with Gasteiger partial charge in [-0.2, -0.15) is 0 Å². The molecule has 0 aliphatic rings. The Hall–Kier alpha value is -1.33. The van der Waals surface area contributed by atoms with E-state index in [1.54, 1.807) is 24.3 Å². The van der Waals surface area contributed by atoms with Crippen molar-refractivity contribution in [2.45, 2.75) is 12.5 Å². The number of benzene rings is 2. The van der Waals surface area contributed by atoms with Crippen LogP contribution in [0, 0.1) is 17.5 Å². The second-order valence-electron chi connectivity index (χ2n) is 4.13. The average Bonchev–Trinajstić information content (AvgIpc) is 2.36. The van der Waals surface area contributed by atoms with Crippen LogP contribution in [0.3, 0.4) is 0 Å². The van der Waals surface area contributed by atoms with E-state index in [4.69, 9.17) is 0 Å². The van der Waals surface area contributed by atoms with Gasteiger partial charge >= 0.3 is 0 Å². The molecule has 2 rings (SSSR count). The number of hydrogen-bond donors (Lipinski definition) is 1. The first-order valence-corrected chi connectivity index (χ1v) is 6.33. The zero-order valence-corrected chi connectivity index (χ0v) is 11.3. The van der Waals surface area contributed by atoms with Gasteiger partial charge in [-0.15, -0.1) is 0 Å².